The maximum absolute atomic E-state index is 12.0. The summed E-state index contributed by atoms with van der Waals surface area (Å²) in [7, 11) is 0. The first-order chi connectivity index (χ1) is 11.6. The van der Waals surface area contributed by atoms with E-state index in [0.29, 0.717) is 12.2 Å². The van der Waals surface area contributed by atoms with Gasteiger partial charge in [0, 0.05) is 12.6 Å². The van der Waals surface area contributed by atoms with Crippen molar-refractivity contribution in [3.8, 4) is 0 Å². The number of aliphatic hydroxyl groups is 1. The van der Waals surface area contributed by atoms with E-state index in [0.717, 1.165) is 49.6 Å². The molecule has 1 aromatic heterocycles. The van der Waals surface area contributed by atoms with Crippen LogP contribution in [0, 0.1) is 0 Å². The molecule has 0 bridgehead atoms. The summed E-state index contributed by atoms with van der Waals surface area (Å²) in [5, 5.41) is 13.3. The van der Waals surface area contributed by atoms with Crippen LogP contribution in [0.3, 0.4) is 0 Å². The number of benzene rings is 1. The van der Waals surface area contributed by atoms with Crippen molar-refractivity contribution in [3.05, 3.63) is 42.2 Å². The molecule has 1 amide bonds. The van der Waals surface area contributed by atoms with Gasteiger partial charge in [0.1, 0.15) is 0 Å². The number of rotatable bonds is 4. The van der Waals surface area contributed by atoms with E-state index in [1.165, 1.54) is 6.08 Å². The topological polar surface area (TPSA) is 75.1 Å². The lowest BCUT2D eigenvalue weighted by Gasteiger charge is -2.26. The number of aromatic nitrogens is 2. The lowest BCUT2D eigenvalue weighted by Crippen LogP contribution is -2.42. The molecule has 0 atom stereocenters. The Labute approximate surface area is 141 Å². The van der Waals surface area contributed by atoms with E-state index in [1.807, 2.05) is 24.3 Å². The molecule has 1 saturated carbocycles. The predicted octanol–water partition coefficient (Wildman–Crippen LogP) is 2.84. The Balaban J connectivity index is 1.58. The Morgan fingerprint density at radius 2 is 1.88 bits per heavy atom. The van der Waals surface area contributed by atoms with Crippen LogP contribution < -0.4 is 5.32 Å². The molecule has 1 aliphatic rings. The number of fused-ring (bicyclic) bond motifs is 1. The molecule has 126 valence electrons. The highest BCUT2D eigenvalue weighted by Gasteiger charge is 2.27. The Kier molecular flexibility index (Phi) is 5.20. The molecule has 1 heterocycles. The zero-order valence-corrected chi connectivity index (χ0v) is 13.7. The third-order valence-electron chi connectivity index (χ3n) is 4.50. The van der Waals surface area contributed by atoms with Gasteiger partial charge in [0.2, 0.25) is 5.91 Å². The average Bonchev–Trinajstić information content (AvgIpc) is 2.83. The molecule has 1 aliphatic carbocycles. The van der Waals surface area contributed by atoms with Crippen LogP contribution in [-0.4, -0.2) is 33.1 Å². The van der Waals surface area contributed by atoms with Crippen molar-refractivity contribution in [3.63, 3.8) is 0 Å². The lowest BCUT2D eigenvalue weighted by atomic mass is 9.94. The Morgan fingerprint density at radius 3 is 2.62 bits per heavy atom. The molecule has 0 aliphatic heterocycles. The minimum atomic E-state index is -0.761. The molecule has 24 heavy (non-hydrogen) atoms. The molecule has 2 N–H and O–H groups in total. The molecule has 0 spiro atoms. The van der Waals surface area contributed by atoms with Gasteiger partial charge in [-0.3, -0.25) is 9.78 Å². The average molecular weight is 325 g/mol. The fraction of sp³-hybridized carbons (Fsp3) is 0.421. The molecule has 2 aromatic rings. The van der Waals surface area contributed by atoms with Crippen molar-refractivity contribution in [2.45, 2.75) is 44.1 Å². The highest BCUT2D eigenvalue weighted by Crippen LogP contribution is 2.26. The normalized spacial score (nSPS) is 17.7. The van der Waals surface area contributed by atoms with Gasteiger partial charge in [0.15, 0.2) is 0 Å². The Morgan fingerprint density at radius 1 is 1.17 bits per heavy atom. The van der Waals surface area contributed by atoms with Gasteiger partial charge in [-0.1, -0.05) is 37.8 Å². The highest BCUT2D eigenvalue weighted by atomic mass is 16.3. The first kappa shape index (κ1) is 16.6. The summed E-state index contributed by atoms with van der Waals surface area (Å²) in [6.45, 7) is 0.305. The van der Waals surface area contributed by atoms with Crippen LogP contribution in [0.2, 0.25) is 0 Å². The third-order valence-corrected chi connectivity index (χ3v) is 4.50. The second-order valence-electron chi connectivity index (χ2n) is 6.47. The van der Waals surface area contributed by atoms with Crippen molar-refractivity contribution >= 4 is 23.0 Å². The monoisotopic (exact) mass is 325 g/mol. The number of nitrogens with zero attached hydrogens (tertiary/aromatic N) is 2. The zero-order chi connectivity index (χ0) is 16.8. The van der Waals surface area contributed by atoms with Crippen molar-refractivity contribution in [2.24, 2.45) is 0 Å². The van der Waals surface area contributed by atoms with Gasteiger partial charge in [-0.25, -0.2) is 4.98 Å². The summed E-state index contributed by atoms with van der Waals surface area (Å²) in [5.74, 6) is -0.220. The second kappa shape index (κ2) is 7.53. The molecule has 0 saturated heterocycles. The van der Waals surface area contributed by atoms with Gasteiger partial charge in [-0.2, -0.15) is 0 Å². The van der Waals surface area contributed by atoms with Gasteiger partial charge < -0.3 is 10.4 Å². The van der Waals surface area contributed by atoms with E-state index < -0.39 is 5.60 Å². The Hall–Kier alpha value is -2.27. The van der Waals surface area contributed by atoms with E-state index in [9.17, 15) is 9.90 Å². The van der Waals surface area contributed by atoms with Crippen LogP contribution in [-0.2, 0) is 4.79 Å². The highest BCUT2D eigenvalue weighted by molar-refractivity contribution is 5.91. The lowest BCUT2D eigenvalue weighted by molar-refractivity contribution is -0.117. The number of hydrogen-bond donors (Lipinski definition) is 2. The van der Waals surface area contributed by atoms with Crippen molar-refractivity contribution in [1.82, 2.24) is 15.3 Å². The van der Waals surface area contributed by atoms with Crippen LogP contribution >= 0.6 is 0 Å². The SMILES string of the molecule is O=C(C=Cc1cnc2ccccc2n1)NCC1(O)CCCCCC1. The van der Waals surface area contributed by atoms with Crippen molar-refractivity contribution in [2.75, 3.05) is 6.54 Å². The molecular formula is C19H23N3O2. The fourth-order valence-electron chi connectivity index (χ4n) is 3.09. The van der Waals surface area contributed by atoms with Gasteiger partial charge in [0.05, 0.1) is 28.5 Å². The number of nitrogens with one attached hydrogen (secondary N) is 1. The first-order valence-corrected chi connectivity index (χ1v) is 8.55. The van der Waals surface area contributed by atoms with Crippen LogP contribution in [0.4, 0.5) is 0 Å². The molecule has 1 fully saturated rings. The largest absolute Gasteiger partial charge is 0.388 e. The summed E-state index contributed by atoms with van der Waals surface area (Å²) in [5.41, 5.74) is 1.50. The number of hydrogen-bond acceptors (Lipinski definition) is 4. The molecule has 5 nitrogen and oxygen atoms in total. The molecule has 0 unspecified atom stereocenters. The van der Waals surface area contributed by atoms with E-state index in [1.54, 1.807) is 12.3 Å². The summed E-state index contributed by atoms with van der Waals surface area (Å²) >= 11 is 0. The molecular weight excluding hydrogens is 302 g/mol. The summed E-state index contributed by atoms with van der Waals surface area (Å²) in [4.78, 5) is 20.8. The standard InChI is InChI=1S/C19H23N3O2/c23-18(21-14-19(24)11-5-1-2-6-12-19)10-9-15-13-20-16-7-3-4-8-17(16)22-15/h3-4,7-10,13,24H,1-2,5-6,11-12,14H2,(H,21,23). The van der Waals surface area contributed by atoms with Gasteiger partial charge >= 0.3 is 0 Å². The first-order valence-electron chi connectivity index (χ1n) is 8.55. The fourth-order valence-corrected chi connectivity index (χ4v) is 3.09. The number of carbonyl (C=O) groups is 1. The zero-order valence-electron chi connectivity index (χ0n) is 13.7. The smallest absolute Gasteiger partial charge is 0.244 e. The summed E-state index contributed by atoms with van der Waals surface area (Å²) in [6.07, 6.45) is 10.6. The van der Waals surface area contributed by atoms with Gasteiger partial charge in [-0.05, 0) is 31.1 Å². The van der Waals surface area contributed by atoms with Crippen LogP contribution in [0.5, 0.6) is 0 Å². The van der Waals surface area contributed by atoms with Crippen molar-refractivity contribution in [1.29, 1.82) is 0 Å². The van der Waals surface area contributed by atoms with E-state index in [4.69, 9.17) is 0 Å². The number of para-hydroxylation sites is 2. The third kappa shape index (κ3) is 4.38. The molecule has 3 rings (SSSR count). The number of carbonyl (C=O) groups excluding carboxylic acids is 1. The molecule has 1 aromatic carbocycles. The van der Waals surface area contributed by atoms with Gasteiger partial charge in [-0.15, -0.1) is 0 Å². The second-order valence-corrected chi connectivity index (χ2v) is 6.47. The van der Waals surface area contributed by atoms with Crippen LogP contribution in [0.25, 0.3) is 17.1 Å². The minimum Gasteiger partial charge on any atom is -0.388 e. The summed E-state index contributed by atoms with van der Waals surface area (Å²) < 4.78 is 0. The van der Waals surface area contributed by atoms with Gasteiger partial charge in [0.25, 0.3) is 0 Å². The summed E-state index contributed by atoms with van der Waals surface area (Å²) in [6, 6.07) is 7.61. The van der Waals surface area contributed by atoms with E-state index in [-0.39, 0.29) is 5.91 Å². The van der Waals surface area contributed by atoms with Crippen LogP contribution in [0.15, 0.2) is 36.5 Å². The quantitative estimate of drug-likeness (QED) is 0.669. The van der Waals surface area contributed by atoms with E-state index >= 15 is 0 Å². The van der Waals surface area contributed by atoms with Crippen LogP contribution in [0.1, 0.15) is 44.2 Å². The minimum absolute atomic E-state index is 0.220. The molecule has 5 heteroatoms. The maximum atomic E-state index is 12.0. The number of amides is 1. The maximum Gasteiger partial charge on any atom is 0.244 e. The van der Waals surface area contributed by atoms with Crippen molar-refractivity contribution < 1.29 is 9.90 Å². The van der Waals surface area contributed by atoms with E-state index in [2.05, 4.69) is 15.3 Å². The predicted molar refractivity (Wildman–Crippen MR) is 94.2 cm³/mol. The molecule has 0 radical (unpaired) electrons. The Bertz CT molecular complexity index is 734.